The molecule has 1 unspecified atom stereocenters. The maximum atomic E-state index is 12.3. The van der Waals surface area contributed by atoms with E-state index in [1.165, 1.54) is 11.3 Å². The topological polar surface area (TPSA) is 91.8 Å². The van der Waals surface area contributed by atoms with Gasteiger partial charge in [-0.3, -0.25) is 4.79 Å². The van der Waals surface area contributed by atoms with E-state index < -0.39 is 0 Å². The standard InChI is InChI=1S/C11H18N4O2S/c1-4-15(5-7(2)10(12)14-17)11(16)9-8(3)13-6-18-9/h6-7,17H,4-5H2,1-3H3,(H2,12,14). The fourth-order valence-electron chi connectivity index (χ4n) is 1.53. The largest absolute Gasteiger partial charge is 0.409 e. The lowest BCUT2D eigenvalue weighted by Crippen LogP contribution is -2.38. The van der Waals surface area contributed by atoms with Crippen LogP contribution in [0.3, 0.4) is 0 Å². The minimum absolute atomic E-state index is 0.0601. The molecule has 1 aromatic heterocycles. The smallest absolute Gasteiger partial charge is 0.265 e. The molecule has 0 spiro atoms. The third-order valence-corrected chi connectivity index (χ3v) is 3.64. The van der Waals surface area contributed by atoms with Crippen LogP contribution in [0.1, 0.15) is 29.2 Å². The van der Waals surface area contributed by atoms with Crippen LogP contribution in [0.5, 0.6) is 0 Å². The van der Waals surface area contributed by atoms with Crippen molar-refractivity contribution >= 4 is 23.1 Å². The van der Waals surface area contributed by atoms with E-state index in [1.54, 1.807) is 10.4 Å². The summed E-state index contributed by atoms with van der Waals surface area (Å²) < 4.78 is 0. The van der Waals surface area contributed by atoms with E-state index in [-0.39, 0.29) is 17.7 Å². The Kier molecular flexibility index (Phi) is 5.08. The van der Waals surface area contributed by atoms with Gasteiger partial charge in [-0.25, -0.2) is 4.98 Å². The van der Waals surface area contributed by atoms with Crippen molar-refractivity contribution in [3.63, 3.8) is 0 Å². The van der Waals surface area contributed by atoms with Gasteiger partial charge < -0.3 is 15.8 Å². The molecule has 0 radical (unpaired) electrons. The van der Waals surface area contributed by atoms with E-state index in [4.69, 9.17) is 10.9 Å². The lowest BCUT2D eigenvalue weighted by atomic mass is 10.1. The molecule has 6 nitrogen and oxygen atoms in total. The van der Waals surface area contributed by atoms with Crippen LogP contribution in [0.4, 0.5) is 0 Å². The molecule has 0 aliphatic rings. The highest BCUT2D eigenvalue weighted by Gasteiger charge is 2.21. The number of hydrogen-bond donors (Lipinski definition) is 2. The second-order valence-corrected chi connectivity index (χ2v) is 4.89. The van der Waals surface area contributed by atoms with Gasteiger partial charge in [0.25, 0.3) is 5.91 Å². The monoisotopic (exact) mass is 270 g/mol. The number of nitrogens with zero attached hydrogens (tertiary/aromatic N) is 3. The van der Waals surface area contributed by atoms with E-state index in [9.17, 15) is 4.79 Å². The number of oxime groups is 1. The molecule has 18 heavy (non-hydrogen) atoms. The van der Waals surface area contributed by atoms with Gasteiger partial charge in [-0.1, -0.05) is 12.1 Å². The normalized spacial score (nSPS) is 13.4. The van der Waals surface area contributed by atoms with Crippen molar-refractivity contribution < 1.29 is 10.0 Å². The average molecular weight is 270 g/mol. The van der Waals surface area contributed by atoms with E-state index >= 15 is 0 Å². The van der Waals surface area contributed by atoms with E-state index in [1.807, 2.05) is 20.8 Å². The molecule has 3 N–H and O–H groups in total. The van der Waals surface area contributed by atoms with Crippen molar-refractivity contribution in [2.45, 2.75) is 20.8 Å². The Labute approximate surface area is 110 Å². The predicted octanol–water partition coefficient (Wildman–Crippen LogP) is 1.30. The summed E-state index contributed by atoms with van der Waals surface area (Å²) in [6.45, 7) is 6.50. The Balaban J connectivity index is 2.79. The van der Waals surface area contributed by atoms with E-state index in [0.717, 1.165) is 5.69 Å². The van der Waals surface area contributed by atoms with E-state index in [0.29, 0.717) is 18.0 Å². The summed E-state index contributed by atoms with van der Waals surface area (Å²) in [6, 6.07) is 0. The quantitative estimate of drug-likeness (QED) is 0.365. The number of hydrogen-bond acceptors (Lipinski definition) is 5. The number of aromatic nitrogens is 1. The van der Waals surface area contributed by atoms with Crippen LogP contribution < -0.4 is 5.73 Å². The minimum atomic E-state index is -0.188. The lowest BCUT2D eigenvalue weighted by Gasteiger charge is -2.23. The second kappa shape index (κ2) is 6.34. The molecule has 7 heteroatoms. The molecule has 0 saturated carbocycles. The number of rotatable bonds is 5. The van der Waals surface area contributed by atoms with Crippen LogP contribution in [0.15, 0.2) is 10.7 Å². The van der Waals surface area contributed by atoms with Crippen molar-refractivity contribution in [1.82, 2.24) is 9.88 Å². The highest BCUT2D eigenvalue weighted by Crippen LogP contribution is 2.16. The number of amidine groups is 1. The maximum absolute atomic E-state index is 12.3. The summed E-state index contributed by atoms with van der Waals surface area (Å²) in [5, 5.41) is 11.6. The Morgan fingerprint density at radius 3 is 2.83 bits per heavy atom. The van der Waals surface area contributed by atoms with Gasteiger partial charge in [0, 0.05) is 19.0 Å². The molecule has 1 amide bonds. The first-order chi connectivity index (χ1) is 8.51. The van der Waals surface area contributed by atoms with Crippen molar-refractivity contribution in [2.24, 2.45) is 16.8 Å². The molecular weight excluding hydrogens is 252 g/mol. The Morgan fingerprint density at radius 2 is 2.39 bits per heavy atom. The zero-order chi connectivity index (χ0) is 13.7. The van der Waals surface area contributed by atoms with Crippen molar-refractivity contribution in [3.8, 4) is 0 Å². The summed E-state index contributed by atoms with van der Waals surface area (Å²) in [5.74, 6) is -0.121. The molecule has 1 rings (SSSR count). The fourth-order valence-corrected chi connectivity index (χ4v) is 2.30. The van der Waals surface area contributed by atoms with Gasteiger partial charge in [-0.05, 0) is 13.8 Å². The summed E-state index contributed by atoms with van der Waals surface area (Å²) in [4.78, 5) is 18.6. The van der Waals surface area contributed by atoms with Gasteiger partial charge in [0.15, 0.2) is 0 Å². The summed E-state index contributed by atoms with van der Waals surface area (Å²) in [5.41, 5.74) is 7.91. The van der Waals surface area contributed by atoms with Crippen LogP contribution in [0.25, 0.3) is 0 Å². The first-order valence-corrected chi connectivity index (χ1v) is 6.56. The van der Waals surface area contributed by atoms with Gasteiger partial charge in [-0.2, -0.15) is 0 Å². The molecule has 0 bridgehead atoms. The Bertz CT molecular complexity index is 444. The molecule has 0 aliphatic heterocycles. The van der Waals surface area contributed by atoms with Gasteiger partial charge in [0.2, 0.25) is 0 Å². The van der Waals surface area contributed by atoms with Gasteiger partial charge >= 0.3 is 0 Å². The Hall–Kier alpha value is -1.63. The third-order valence-electron chi connectivity index (χ3n) is 2.72. The molecule has 1 atom stereocenters. The molecule has 1 heterocycles. The first kappa shape index (κ1) is 14.4. The predicted molar refractivity (Wildman–Crippen MR) is 71.0 cm³/mol. The molecular formula is C11H18N4O2S. The number of amides is 1. The van der Waals surface area contributed by atoms with Crippen LogP contribution in [0, 0.1) is 12.8 Å². The number of aryl methyl sites for hydroxylation is 1. The van der Waals surface area contributed by atoms with Crippen molar-refractivity contribution in [1.29, 1.82) is 0 Å². The maximum Gasteiger partial charge on any atom is 0.265 e. The highest BCUT2D eigenvalue weighted by atomic mass is 32.1. The molecule has 0 saturated heterocycles. The number of nitrogens with two attached hydrogens (primary N) is 1. The average Bonchev–Trinajstić information content (AvgIpc) is 2.79. The number of carbonyl (C=O) groups is 1. The molecule has 100 valence electrons. The molecule has 0 aliphatic carbocycles. The summed E-state index contributed by atoms with van der Waals surface area (Å²) in [7, 11) is 0. The zero-order valence-electron chi connectivity index (χ0n) is 10.8. The summed E-state index contributed by atoms with van der Waals surface area (Å²) >= 11 is 1.33. The second-order valence-electron chi connectivity index (χ2n) is 4.04. The van der Waals surface area contributed by atoms with Crippen LogP contribution in [0.2, 0.25) is 0 Å². The van der Waals surface area contributed by atoms with E-state index in [2.05, 4.69) is 10.1 Å². The van der Waals surface area contributed by atoms with Gasteiger partial charge in [0.05, 0.1) is 11.2 Å². The third kappa shape index (κ3) is 3.19. The van der Waals surface area contributed by atoms with Gasteiger partial charge in [0.1, 0.15) is 10.7 Å². The SMILES string of the molecule is CCN(CC(C)C(N)=NO)C(=O)c1scnc1C. The molecule has 0 fully saturated rings. The van der Waals surface area contributed by atoms with Crippen LogP contribution in [-0.4, -0.2) is 39.9 Å². The van der Waals surface area contributed by atoms with Gasteiger partial charge in [-0.15, -0.1) is 11.3 Å². The zero-order valence-corrected chi connectivity index (χ0v) is 11.6. The molecule has 1 aromatic rings. The highest BCUT2D eigenvalue weighted by molar-refractivity contribution is 7.11. The molecule has 0 aromatic carbocycles. The Morgan fingerprint density at radius 1 is 1.72 bits per heavy atom. The van der Waals surface area contributed by atoms with Crippen molar-refractivity contribution in [2.75, 3.05) is 13.1 Å². The minimum Gasteiger partial charge on any atom is -0.409 e. The van der Waals surface area contributed by atoms with Crippen LogP contribution in [-0.2, 0) is 0 Å². The number of carbonyl (C=O) groups excluding carboxylic acids is 1. The summed E-state index contributed by atoms with van der Waals surface area (Å²) in [6.07, 6.45) is 0. The van der Waals surface area contributed by atoms with Crippen molar-refractivity contribution in [3.05, 3.63) is 16.1 Å². The fraction of sp³-hybridized carbons (Fsp3) is 0.545. The first-order valence-electron chi connectivity index (χ1n) is 5.68. The lowest BCUT2D eigenvalue weighted by molar-refractivity contribution is 0.0757. The van der Waals surface area contributed by atoms with Crippen LogP contribution >= 0.6 is 11.3 Å². The number of thiazole rings is 1.